The van der Waals surface area contributed by atoms with Crippen LogP contribution in [0.1, 0.15) is 113 Å². The van der Waals surface area contributed by atoms with Crippen molar-refractivity contribution in [3.8, 4) is 0 Å². The molecule has 0 bridgehead atoms. The number of unbranched alkanes of at least 4 members (excludes halogenated alkanes) is 2. The first kappa shape index (κ1) is 25.1. The number of piperidine rings is 2. The van der Waals surface area contributed by atoms with Gasteiger partial charge in [0.05, 0.1) is 0 Å². The van der Waals surface area contributed by atoms with Crippen LogP contribution in [0.15, 0.2) is 0 Å². The highest BCUT2D eigenvalue weighted by Gasteiger charge is 2.46. The van der Waals surface area contributed by atoms with Crippen molar-refractivity contribution in [3.63, 3.8) is 0 Å². The van der Waals surface area contributed by atoms with E-state index < -0.39 is 0 Å². The predicted octanol–water partition coefficient (Wildman–Crippen LogP) is 5.58. The molecular formula is C24H49N3O2. The van der Waals surface area contributed by atoms with Gasteiger partial charge in [0.25, 0.3) is 0 Å². The van der Waals surface area contributed by atoms with Crippen LogP contribution in [0.5, 0.6) is 0 Å². The first-order valence-electron chi connectivity index (χ1n) is 11.8. The third-order valence-corrected chi connectivity index (χ3v) is 7.65. The Hall–Kier alpha value is -0.200. The third kappa shape index (κ3) is 5.94. The van der Waals surface area contributed by atoms with Crippen LogP contribution in [0, 0.1) is 11.8 Å². The Morgan fingerprint density at radius 1 is 0.724 bits per heavy atom. The Bertz CT molecular complexity index is 508. The van der Waals surface area contributed by atoms with Crippen LogP contribution in [0.3, 0.4) is 0 Å². The molecule has 0 aromatic heterocycles. The van der Waals surface area contributed by atoms with Gasteiger partial charge in [-0.05, 0) is 99.3 Å². The van der Waals surface area contributed by atoms with Crippen LogP contribution in [-0.4, -0.2) is 48.7 Å². The monoisotopic (exact) mass is 411 g/mol. The third-order valence-electron chi connectivity index (χ3n) is 7.65. The molecule has 5 heteroatoms. The van der Waals surface area contributed by atoms with Gasteiger partial charge >= 0.3 is 0 Å². The van der Waals surface area contributed by atoms with Crippen molar-refractivity contribution >= 4 is 0 Å². The Balaban J connectivity index is 1.74. The molecule has 2 aliphatic heterocycles. The van der Waals surface area contributed by atoms with Crippen molar-refractivity contribution in [2.24, 2.45) is 17.6 Å². The summed E-state index contributed by atoms with van der Waals surface area (Å²) >= 11 is 0. The molecule has 0 amide bonds. The second kappa shape index (κ2) is 8.74. The molecule has 172 valence electrons. The Labute approximate surface area is 179 Å². The Morgan fingerprint density at radius 2 is 1.14 bits per heavy atom. The summed E-state index contributed by atoms with van der Waals surface area (Å²) < 4.78 is 0. The lowest BCUT2D eigenvalue weighted by atomic mass is 9.71. The fourth-order valence-corrected chi connectivity index (χ4v) is 6.56. The van der Waals surface area contributed by atoms with E-state index in [9.17, 15) is 10.4 Å². The van der Waals surface area contributed by atoms with E-state index in [4.69, 9.17) is 5.73 Å². The zero-order valence-electron chi connectivity index (χ0n) is 20.5. The molecule has 0 saturated carbocycles. The van der Waals surface area contributed by atoms with Crippen molar-refractivity contribution in [1.29, 1.82) is 0 Å². The SMILES string of the molecule is CC1(C)CC(CCCCCC(N)C2CC(C)(C)N(O)C(C)(C)C2)CC(C)(C)N1O. The molecule has 0 aliphatic carbocycles. The molecule has 0 spiro atoms. The summed E-state index contributed by atoms with van der Waals surface area (Å²) in [5.74, 6) is 1.16. The van der Waals surface area contributed by atoms with Crippen LogP contribution in [0.25, 0.3) is 0 Å². The standard InChI is InChI=1S/C24H49N3O2/c1-21(2)14-18(15-22(3,4)26(21)28)12-10-9-11-13-20(25)19-16-23(5,6)27(29)24(7,8)17-19/h18-20,28-29H,9-17,25H2,1-8H3. The van der Waals surface area contributed by atoms with Crippen molar-refractivity contribution in [3.05, 3.63) is 0 Å². The van der Waals surface area contributed by atoms with Crippen LogP contribution in [0.2, 0.25) is 0 Å². The van der Waals surface area contributed by atoms with Gasteiger partial charge in [0.15, 0.2) is 0 Å². The lowest BCUT2D eigenvalue weighted by Gasteiger charge is -2.52. The topological polar surface area (TPSA) is 73.0 Å². The summed E-state index contributed by atoms with van der Waals surface area (Å²) in [7, 11) is 0. The zero-order chi connectivity index (χ0) is 22.3. The van der Waals surface area contributed by atoms with E-state index in [1.165, 1.54) is 25.7 Å². The number of nitrogens with zero attached hydrogens (tertiary/aromatic N) is 2. The van der Waals surface area contributed by atoms with Crippen molar-refractivity contribution < 1.29 is 10.4 Å². The molecule has 0 aromatic rings. The second-order valence-corrected chi connectivity index (χ2v) is 12.6. The van der Waals surface area contributed by atoms with Gasteiger partial charge in [0, 0.05) is 28.2 Å². The van der Waals surface area contributed by atoms with Crippen LogP contribution >= 0.6 is 0 Å². The maximum Gasteiger partial charge on any atom is 0.0413 e. The van der Waals surface area contributed by atoms with Gasteiger partial charge < -0.3 is 16.1 Å². The minimum atomic E-state index is -0.217. The highest BCUT2D eigenvalue weighted by Crippen LogP contribution is 2.43. The van der Waals surface area contributed by atoms with Gasteiger partial charge in [-0.3, -0.25) is 0 Å². The fourth-order valence-electron chi connectivity index (χ4n) is 6.56. The molecule has 1 atom stereocenters. The van der Waals surface area contributed by atoms with Crippen molar-refractivity contribution in [2.75, 3.05) is 0 Å². The molecule has 4 N–H and O–H groups in total. The van der Waals surface area contributed by atoms with Gasteiger partial charge in [0.1, 0.15) is 0 Å². The number of hydrogen-bond donors (Lipinski definition) is 3. The Kier molecular flexibility index (Phi) is 7.55. The maximum absolute atomic E-state index is 10.5. The fraction of sp³-hybridized carbons (Fsp3) is 1.00. The minimum Gasteiger partial charge on any atom is -0.327 e. The highest BCUT2D eigenvalue weighted by atomic mass is 16.5. The molecule has 0 radical (unpaired) electrons. The number of hydroxylamine groups is 4. The molecule has 1 unspecified atom stereocenters. The Morgan fingerprint density at radius 3 is 1.59 bits per heavy atom. The first-order valence-corrected chi connectivity index (χ1v) is 11.8. The van der Waals surface area contributed by atoms with E-state index in [0.717, 1.165) is 32.1 Å². The van der Waals surface area contributed by atoms with Gasteiger partial charge in [-0.25, -0.2) is 0 Å². The number of hydrogen-bond acceptors (Lipinski definition) is 5. The van der Waals surface area contributed by atoms with Gasteiger partial charge in [-0.15, -0.1) is 0 Å². The average Bonchev–Trinajstić information content (AvgIpc) is 2.56. The van der Waals surface area contributed by atoms with E-state index in [0.29, 0.717) is 11.8 Å². The molecule has 2 aliphatic rings. The lowest BCUT2D eigenvalue weighted by Crippen LogP contribution is -2.60. The lowest BCUT2D eigenvalue weighted by molar-refractivity contribution is -0.252. The van der Waals surface area contributed by atoms with Crippen LogP contribution in [0.4, 0.5) is 0 Å². The van der Waals surface area contributed by atoms with E-state index >= 15 is 0 Å². The summed E-state index contributed by atoms with van der Waals surface area (Å²) in [6, 6.07) is 0.220. The normalized spacial score (nSPS) is 29.1. The van der Waals surface area contributed by atoms with Crippen LogP contribution < -0.4 is 5.73 Å². The zero-order valence-corrected chi connectivity index (χ0v) is 20.5. The first-order chi connectivity index (χ1) is 13.1. The summed E-state index contributed by atoms with van der Waals surface area (Å²) in [6.07, 6.45) is 10.0. The highest BCUT2D eigenvalue weighted by molar-refractivity contribution is 4.99. The maximum atomic E-state index is 10.5. The van der Waals surface area contributed by atoms with Gasteiger partial charge in [-0.1, -0.05) is 25.7 Å². The smallest absolute Gasteiger partial charge is 0.0413 e. The minimum absolute atomic E-state index is 0.143. The predicted molar refractivity (Wildman–Crippen MR) is 120 cm³/mol. The van der Waals surface area contributed by atoms with Crippen molar-refractivity contribution in [1.82, 2.24) is 10.1 Å². The number of nitrogens with two attached hydrogens (primary N) is 1. The number of rotatable bonds is 7. The van der Waals surface area contributed by atoms with E-state index in [1.54, 1.807) is 10.1 Å². The van der Waals surface area contributed by atoms with Crippen molar-refractivity contribution in [2.45, 2.75) is 141 Å². The van der Waals surface area contributed by atoms with Crippen LogP contribution in [-0.2, 0) is 0 Å². The van der Waals surface area contributed by atoms with E-state index in [-0.39, 0.29) is 28.2 Å². The second-order valence-electron chi connectivity index (χ2n) is 12.6. The molecule has 0 aromatic carbocycles. The molecule has 2 heterocycles. The summed E-state index contributed by atoms with van der Waals surface area (Å²) in [4.78, 5) is 0. The molecule has 29 heavy (non-hydrogen) atoms. The molecule has 2 rings (SSSR count). The van der Waals surface area contributed by atoms with Gasteiger partial charge in [0.2, 0.25) is 0 Å². The average molecular weight is 412 g/mol. The van der Waals surface area contributed by atoms with Gasteiger partial charge in [-0.2, -0.15) is 10.1 Å². The molecule has 2 fully saturated rings. The molecule has 2 saturated heterocycles. The molecular weight excluding hydrogens is 362 g/mol. The summed E-state index contributed by atoms with van der Waals surface area (Å²) in [6.45, 7) is 17.1. The quantitative estimate of drug-likeness (QED) is 0.477. The largest absolute Gasteiger partial charge is 0.327 e. The summed E-state index contributed by atoms with van der Waals surface area (Å²) in [5, 5.41) is 24.1. The van der Waals surface area contributed by atoms with E-state index in [2.05, 4.69) is 55.4 Å². The molecule has 5 nitrogen and oxygen atoms in total. The summed E-state index contributed by atoms with van der Waals surface area (Å²) in [5.41, 5.74) is 5.89. The van der Waals surface area contributed by atoms with E-state index in [1.807, 2.05) is 0 Å².